The maximum absolute atomic E-state index is 13.5. The molecular weight excluding hydrogens is 325 g/mol. The minimum Gasteiger partial charge on any atom is -0.496 e. The number of para-hydroxylation sites is 1. The first kappa shape index (κ1) is 16.5. The van der Waals surface area contributed by atoms with Gasteiger partial charge in [-0.1, -0.05) is 30.0 Å². The number of nitrogens with zero attached hydrogens (tertiary/aromatic N) is 2. The minimum absolute atomic E-state index is 0.312. The van der Waals surface area contributed by atoms with Gasteiger partial charge in [-0.25, -0.2) is 9.38 Å². The number of halogens is 1. The molecule has 0 aliphatic carbocycles. The van der Waals surface area contributed by atoms with Crippen molar-refractivity contribution in [3.05, 3.63) is 58.9 Å². The number of hydrogen-bond donors (Lipinski definition) is 1. The fourth-order valence-electron chi connectivity index (χ4n) is 2.50. The van der Waals surface area contributed by atoms with Gasteiger partial charge in [-0.05, 0) is 43.2 Å². The summed E-state index contributed by atoms with van der Waals surface area (Å²) in [4.78, 5) is 4.66. The molecule has 2 aromatic rings. The van der Waals surface area contributed by atoms with Gasteiger partial charge in [0.15, 0.2) is 5.17 Å². The normalized spacial score (nSPS) is 15.8. The van der Waals surface area contributed by atoms with E-state index in [1.807, 2.05) is 32.0 Å². The van der Waals surface area contributed by atoms with Crippen LogP contribution in [0.2, 0.25) is 0 Å². The first-order valence-corrected chi connectivity index (χ1v) is 8.51. The van der Waals surface area contributed by atoms with E-state index >= 15 is 0 Å². The average Bonchev–Trinajstić information content (AvgIpc) is 2.59. The SMILES string of the molecule is COc1ccc(F)cc1C1=NNC(=Nc2c(C)cccc2C)SC1. The molecule has 124 valence electrons. The molecule has 0 fully saturated rings. The maximum Gasteiger partial charge on any atom is 0.182 e. The zero-order valence-corrected chi connectivity index (χ0v) is 14.6. The van der Waals surface area contributed by atoms with Crippen molar-refractivity contribution in [1.82, 2.24) is 5.43 Å². The fourth-order valence-corrected chi connectivity index (χ4v) is 3.26. The predicted octanol–water partition coefficient (Wildman–Crippen LogP) is 4.18. The molecule has 1 aliphatic heterocycles. The molecule has 0 spiro atoms. The van der Waals surface area contributed by atoms with Crippen molar-refractivity contribution in [2.24, 2.45) is 10.1 Å². The van der Waals surface area contributed by atoms with E-state index in [-0.39, 0.29) is 5.82 Å². The monoisotopic (exact) mass is 343 g/mol. The molecule has 0 saturated carbocycles. The minimum atomic E-state index is -0.312. The Hall–Kier alpha value is -2.34. The summed E-state index contributed by atoms with van der Waals surface area (Å²) in [6, 6.07) is 10.5. The second-order valence-corrected chi connectivity index (χ2v) is 6.43. The molecule has 0 atom stereocenters. The number of methoxy groups -OCH3 is 1. The van der Waals surface area contributed by atoms with Gasteiger partial charge >= 0.3 is 0 Å². The standard InChI is InChI=1S/C18H18FN3OS/c1-11-5-4-6-12(2)17(11)20-18-22-21-15(10-24-18)14-9-13(19)7-8-16(14)23-3/h4-9H,10H2,1-3H3,(H,20,22). The second kappa shape index (κ2) is 7.05. The molecule has 24 heavy (non-hydrogen) atoms. The highest BCUT2D eigenvalue weighted by Crippen LogP contribution is 2.27. The molecular formula is C18H18FN3OS. The van der Waals surface area contributed by atoms with Crippen molar-refractivity contribution in [3.63, 3.8) is 0 Å². The smallest absolute Gasteiger partial charge is 0.182 e. The van der Waals surface area contributed by atoms with Crippen LogP contribution in [-0.2, 0) is 0 Å². The first-order valence-electron chi connectivity index (χ1n) is 7.52. The van der Waals surface area contributed by atoms with Gasteiger partial charge in [0.1, 0.15) is 11.6 Å². The number of hydrogen-bond acceptors (Lipinski definition) is 4. The van der Waals surface area contributed by atoms with Crippen LogP contribution in [0, 0.1) is 19.7 Å². The van der Waals surface area contributed by atoms with E-state index < -0.39 is 0 Å². The van der Waals surface area contributed by atoms with Crippen molar-refractivity contribution >= 4 is 28.3 Å². The fraction of sp³-hybridized carbons (Fsp3) is 0.222. The summed E-state index contributed by atoms with van der Waals surface area (Å²) >= 11 is 1.53. The van der Waals surface area contributed by atoms with Gasteiger partial charge in [0.05, 0.1) is 18.5 Å². The second-order valence-electron chi connectivity index (χ2n) is 5.46. The quantitative estimate of drug-likeness (QED) is 0.909. The Bertz CT molecular complexity index is 813. The lowest BCUT2D eigenvalue weighted by Crippen LogP contribution is -2.25. The Morgan fingerprint density at radius 3 is 2.58 bits per heavy atom. The molecule has 0 radical (unpaired) electrons. The Morgan fingerprint density at radius 1 is 1.21 bits per heavy atom. The van der Waals surface area contributed by atoms with E-state index in [2.05, 4.69) is 15.5 Å². The molecule has 0 aromatic heterocycles. The van der Waals surface area contributed by atoms with E-state index in [0.29, 0.717) is 17.1 Å². The first-order chi connectivity index (χ1) is 11.6. The molecule has 0 amide bonds. The number of nitrogens with one attached hydrogen (secondary N) is 1. The van der Waals surface area contributed by atoms with Crippen molar-refractivity contribution in [2.75, 3.05) is 12.9 Å². The summed E-state index contributed by atoms with van der Waals surface area (Å²) in [5, 5.41) is 5.08. The highest BCUT2D eigenvalue weighted by Gasteiger charge is 2.17. The van der Waals surface area contributed by atoms with E-state index in [9.17, 15) is 4.39 Å². The lowest BCUT2D eigenvalue weighted by Gasteiger charge is -2.17. The third kappa shape index (κ3) is 3.43. The summed E-state index contributed by atoms with van der Waals surface area (Å²) in [5.41, 5.74) is 7.54. The summed E-state index contributed by atoms with van der Waals surface area (Å²) in [6.07, 6.45) is 0. The molecule has 1 aliphatic rings. The largest absolute Gasteiger partial charge is 0.496 e. The molecule has 3 rings (SSSR count). The number of aryl methyl sites for hydroxylation is 2. The molecule has 1 heterocycles. The summed E-state index contributed by atoms with van der Waals surface area (Å²) in [6.45, 7) is 4.07. The third-order valence-electron chi connectivity index (χ3n) is 3.76. The van der Waals surface area contributed by atoms with E-state index in [1.165, 1.54) is 23.9 Å². The van der Waals surface area contributed by atoms with Crippen LogP contribution in [0.1, 0.15) is 16.7 Å². The average molecular weight is 343 g/mol. The number of benzene rings is 2. The van der Waals surface area contributed by atoms with Gasteiger partial charge < -0.3 is 4.74 Å². The Balaban J connectivity index is 1.87. The molecule has 0 unspecified atom stereocenters. The van der Waals surface area contributed by atoms with E-state index in [1.54, 1.807) is 13.2 Å². The zero-order valence-electron chi connectivity index (χ0n) is 13.8. The van der Waals surface area contributed by atoms with Crippen LogP contribution in [0.25, 0.3) is 0 Å². The summed E-state index contributed by atoms with van der Waals surface area (Å²) < 4.78 is 18.8. The summed E-state index contributed by atoms with van der Waals surface area (Å²) in [7, 11) is 1.56. The zero-order chi connectivity index (χ0) is 17.1. The maximum atomic E-state index is 13.5. The van der Waals surface area contributed by atoms with Gasteiger partial charge in [0, 0.05) is 11.3 Å². The van der Waals surface area contributed by atoms with Crippen molar-refractivity contribution in [1.29, 1.82) is 0 Å². The van der Waals surface area contributed by atoms with Crippen LogP contribution < -0.4 is 10.2 Å². The lowest BCUT2D eigenvalue weighted by molar-refractivity contribution is 0.412. The molecule has 0 saturated heterocycles. The number of hydrazone groups is 1. The topological polar surface area (TPSA) is 46.0 Å². The Labute approximate surface area is 144 Å². The predicted molar refractivity (Wildman–Crippen MR) is 98.1 cm³/mol. The Morgan fingerprint density at radius 2 is 1.96 bits per heavy atom. The highest BCUT2D eigenvalue weighted by atomic mass is 32.2. The highest BCUT2D eigenvalue weighted by molar-refractivity contribution is 8.14. The number of rotatable bonds is 3. The molecule has 0 bridgehead atoms. The molecule has 4 nitrogen and oxygen atoms in total. The van der Waals surface area contributed by atoms with Gasteiger partial charge in [0.2, 0.25) is 0 Å². The lowest BCUT2D eigenvalue weighted by atomic mass is 10.1. The number of amidine groups is 1. The van der Waals surface area contributed by atoms with Crippen LogP contribution in [0.5, 0.6) is 5.75 Å². The van der Waals surface area contributed by atoms with Crippen LogP contribution in [-0.4, -0.2) is 23.7 Å². The van der Waals surface area contributed by atoms with Gasteiger partial charge in [-0.2, -0.15) is 5.10 Å². The number of thioether (sulfide) groups is 1. The number of aliphatic imine (C=N–C) groups is 1. The molecule has 2 aromatic carbocycles. The van der Waals surface area contributed by atoms with Crippen LogP contribution >= 0.6 is 11.8 Å². The van der Waals surface area contributed by atoms with Crippen LogP contribution in [0.15, 0.2) is 46.5 Å². The molecule has 6 heteroatoms. The number of ether oxygens (including phenoxy) is 1. The Kier molecular flexibility index (Phi) is 4.85. The van der Waals surface area contributed by atoms with Crippen molar-refractivity contribution in [2.45, 2.75) is 13.8 Å². The van der Waals surface area contributed by atoms with Gasteiger partial charge in [-0.15, -0.1) is 0 Å². The van der Waals surface area contributed by atoms with Crippen LogP contribution in [0.3, 0.4) is 0 Å². The van der Waals surface area contributed by atoms with Gasteiger partial charge in [0.25, 0.3) is 0 Å². The van der Waals surface area contributed by atoms with E-state index in [0.717, 1.165) is 27.7 Å². The van der Waals surface area contributed by atoms with Gasteiger partial charge in [-0.3, -0.25) is 5.43 Å². The van der Waals surface area contributed by atoms with Crippen molar-refractivity contribution in [3.8, 4) is 5.75 Å². The van der Waals surface area contributed by atoms with E-state index in [4.69, 9.17) is 4.74 Å². The third-order valence-corrected chi connectivity index (χ3v) is 4.63. The van der Waals surface area contributed by atoms with Crippen LogP contribution in [0.4, 0.5) is 10.1 Å². The summed E-state index contributed by atoms with van der Waals surface area (Å²) in [5.74, 6) is 0.887. The van der Waals surface area contributed by atoms with Crippen molar-refractivity contribution < 1.29 is 9.13 Å². The molecule has 1 N–H and O–H groups in total.